The van der Waals surface area contributed by atoms with E-state index in [2.05, 4.69) is 10.6 Å². The fourth-order valence-electron chi connectivity index (χ4n) is 1.31. The van der Waals surface area contributed by atoms with Crippen molar-refractivity contribution in [3.8, 4) is 0 Å². The molecule has 17 heavy (non-hydrogen) atoms. The van der Waals surface area contributed by atoms with Gasteiger partial charge in [0.25, 0.3) is 0 Å². The number of hydrogen-bond donors (Lipinski definition) is 3. The van der Waals surface area contributed by atoms with Crippen LogP contribution in [-0.4, -0.2) is 29.7 Å². The standard InChI is InChI=1S/C12H22N2O3/c1-3-5-7-9-13-12(17)14-10(11(15)16)8-6-4-2/h3,5,10H,4,6-9H2,1-2H3,(H,15,16)(H2,13,14,17)/b5-3+. The summed E-state index contributed by atoms with van der Waals surface area (Å²) in [5, 5.41) is 14.0. The van der Waals surface area contributed by atoms with Crippen LogP contribution < -0.4 is 10.6 Å². The average Bonchev–Trinajstić information content (AvgIpc) is 2.29. The monoisotopic (exact) mass is 242 g/mol. The van der Waals surface area contributed by atoms with Crippen molar-refractivity contribution in [1.82, 2.24) is 10.6 Å². The second-order valence-corrected chi connectivity index (χ2v) is 3.79. The Morgan fingerprint density at radius 1 is 1.41 bits per heavy atom. The van der Waals surface area contributed by atoms with Crippen LogP contribution in [0.1, 0.15) is 39.5 Å². The fraction of sp³-hybridized carbons (Fsp3) is 0.667. The number of rotatable bonds is 8. The summed E-state index contributed by atoms with van der Waals surface area (Å²) in [4.78, 5) is 22.2. The second-order valence-electron chi connectivity index (χ2n) is 3.79. The number of aliphatic carboxylic acids is 1. The maximum atomic E-state index is 11.4. The molecular weight excluding hydrogens is 220 g/mol. The highest BCUT2D eigenvalue weighted by atomic mass is 16.4. The van der Waals surface area contributed by atoms with Crippen molar-refractivity contribution in [2.75, 3.05) is 6.54 Å². The molecule has 1 atom stereocenters. The third-order valence-corrected chi connectivity index (χ3v) is 2.28. The molecule has 0 saturated heterocycles. The molecule has 2 amide bonds. The summed E-state index contributed by atoms with van der Waals surface area (Å²) < 4.78 is 0. The molecule has 0 aromatic rings. The highest BCUT2D eigenvalue weighted by Crippen LogP contribution is 2.00. The van der Waals surface area contributed by atoms with Crippen LogP contribution in [-0.2, 0) is 4.79 Å². The van der Waals surface area contributed by atoms with Gasteiger partial charge in [-0.3, -0.25) is 0 Å². The molecule has 0 aliphatic heterocycles. The minimum absolute atomic E-state index is 0.419. The molecule has 0 heterocycles. The molecule has 1 unspecified atom stereocenters. The van der Waals surface area contributed by atoms with Crippen LogP contribution in [0.25, 0.3) is 0 Å². The van der Waals surface area contributed by atoms with Gasteiger partial charge in [0.15, 0.2) is 0 Å². The molecule has 0 aliphatic carbocycles. The van der Waals surface area contributed by atoms with Gasteiger partial charge in [0.05, 0.1) is 0 Å². The van der Waals surface area contributed by atoms with Crippen LogP contribution in [0.2, 0.25) is 0 Å². The van der Waals surface area contributed by atoms with Gasteiger partial charge in [-0.15, -0.1) is 0 Å². The lowest BCUT2D eigenvalue weighted by molar-refractivity contribution is -0.139. The Bertz CT molecular complexity index is 264. The molecule has 3 N–H and O–H groups in total. The lowest BCUT2D eigenvalue weighted by Gasteiger charge is -2.14. The molecule has 0 spiro atoms. The lowest BCUT2D eigenvalue weighted by atomic mass is 10.1. The van der Waals surface area contributed by atoms with Crippen LogP contribution in [0, 0.1) is 0 Å². The molecule has 0 aromatic heterocycles. The van der Waals surface area contributed by atoms with E-state index in [1.54, 1.807) is 0 Å². The molecule has 98 valence electrons. The first-order chi connectivity index (χ1) is 8.11. The van der Waals surface area contributed by atoms with Crippen LogP contribution in [0.5, 0.6) is 0 Å². The van der Waals surface area contributed by atoms with Crippen LogP contribution in [0.4, 0.5) is 4.79 Å². The highest BCUT2D eigenvalue weighted by Gasteiger charge is 2.18. The van der Waals surface area contributed by atoms with Crippen LogP contribution >= 0.6 is 0 Å². The maximum absolute atomic E-state index is 11.4. The Labute approximate surface area is 102 Å². The minimum Gasteiger partial charge on any atom is -0.480 e. The molecule has 5 heteroatoms. The van der Waals surface area contributed by atoms with E-state index in [-0.39, 0.29) is 0 Å². The minimum atomic E-state index is -0.984. The van der Waals surface area contributed by atoms with Crippen molar-refractivity contribution in [2.45, 2.75) is 45.6 Å². The number of nitrogens with one attached hydrogen (secondary N) is 2. The van der Waals surface area contributed by atoms with Gasteiger partial charge in [-0.25, -0.2) is 9.59 Å². The molecule has 0 saturated carbocycles. The van der Waals surface area contributed by atoms with Crippen molar-refractivity contribution < 1.29 is 14.7 Å². The number of carboxylic acid groups (broad SMARTS) is 1. The van der Waals surface area contributed by atoms with Gasteiger partial charge < -0.3 is 15.7 Å². The fourth-order valence-corrected chi connectivity index (χ4v) is 1.31. The third kappa shape index (κ3) is 8.30. The van der Waals surface area contributed by atoms with E-state index in [1.165, 1.54) is 0 Å². The summed E-state index contributed by atoms with van der Waals surface area (Å²) >= 11 is 0. The molecule has 0 fully saturated rings. The summed E-state index contributed by atoms with van der Waals surface area (Å²) in [6.45, 7) is 4.40. The lowest BCUT2D eigenvalue weighted by Crippen LogP contribution is -2.46. The largest absolute Gasteiger partial charge is 0.480 e. The first kappa shape index (κ1) is 15.5. The van der Waals surface area contributed by atoms with Crippen molar-refractivity contribution in [3.05, 3.63) is 12.2 Å². The SMILES string of the molecule is C/C=C/CCNC(=O)NC(CCCC)C(=O)O. The Kier molecular flexibility index (Phi) is 8.82. The van der Waals surface area contributed by atoms with Crippen LogP contribution in [0.3, 0.4) is 0 Å². The zero-order valence-corrected chi connectivity index (χ0v) is 10.5. The molecule has 0 radical (unpaired) electrons. The normalized spacial score (nSPS) is 12.4. The predicted molar refractivity (Wildman–Crippen MR) is 66.9 cm³/mol. The van der Waals surface area contributed by atoms with E-state index in [9.17, 15) is 9.59 Å². The summed E-state index contributed by atoms with van der Waals surface area (Å²) in [6.07, 6.45) is 6.75. The number of hydrogen-bond acceptors (Lipinski definition) is 2. The second kappa shape index (κ2) is 9.69. The molecule has 0 aliphatic rings. The van der Waals surface area contributed by atoms with Gasteiger partial charge in [-0.2, -0.15) is 0 Å². The zero-order valence-electron chi connectivity index (χ0n) is 10.5. The first-order valence-electron chi connectivity index (χ1n) is 6.00. The molecule has 5 nitrogen and oxygen atoms in total. The van der Waals surface area contributed by atoms with E-state index >= 15 is 0 Å². The Morgan fingerprint density at radius 3 is 2.65 bits per heavy atom. The van der Waals surface area contributed by atoms with Crippen molar-refractivity contribution in [1.29, 1.82) is 0 Å². The van der Waals surface area contributed by atoms with Gasteiger partial charge in [0.1, 0.15) is 6.04 Å². The Hall–Kier alpha value is -1.52. The number of amides is 2. The quantitative estimate of drug-likeness (QED) is 0.449. The number of carboxylic acids is 1. The summed E-state index contributed by atoms with van der Waals surface area (Å²) in [7, 11) is 0. The molecule has 0 aromatic carbocycles. The molecule has 0 rings (SSSR count). The number of carbonyl (C=O) groups excluding carboxylic acids is 1. The van der Waals surface area contributed by atoms with Gasteiger partial charge in [0.2, 0.25) is 0 Å². The number of carbonyl (C=O) groups is 2. The Morgan fingerprint density at radius 2 is 2.12 bits per heavy atom. The molecular formula is C12H22N2O3. The number of allylic oxidation sites excluding steroid dienone is 1. The van der Waals surface area contributed by atoms with Gasteiger partial charge >= 0.3 is 12.0 Å². The van der Waals surface area contributed by atoms with E-state index in [0.717, 1.165) is 19.3 Å². The van der Waals surface area contributed by atoms with Gasteiger partial charge in [-0.1, -0.05) is 31.9 Å². The van der Waals surface area contributed by atoms with Gasteiger partial charge in [-0.05, 0) is 19.8 Å². The van der Waals surface area contributed by atoms with Crippen molar-refractivity contribution in [2.24, 2.45) is 0 Å². The third-order valence-electron chi connectivity index (χ3n) is 2.28. The van der Waals surface area contributed by atoms with Crippen molar-refractivity contribution >= 4 is 12.0 Å². The maximum Gasteiger partial charge on any atom is 0.326 e. The smallest absolute Gasteiger partial charge is 0.326 e. The van der Waals surface area contributed by atoms with E-state index in [1.807, 2.05) is 26.0 Å². The van der Waals surface area contributed by atoms with Gasteiger partial charge in [0, 0.05) is 6.54 Å². The predicted octanol–water partition coefficient (Wildman–Crippen LogP) is 1.90. The topological polar surface area (TPSA) is 78.4 Å². The Balaban J connectivity index is 3.90. The van der Waals surface area contributed by atoms with E-state index in [0.29, 0.717) is 13.0 Å². The summed E-state index contributed by atoms with van der Waals surface area (Å²) in [6, 6.07) is -1.21. The van der Waals surface area contributed by atoms with Crippen LogP contribution in [0.15, 0.2) is 12.2 Å². The first-order valence-corrected chi connectivity index (χ1v) is 6.00. The van der Waals surface area contributed by atoms with E-state index < -0.39 is 18.0 Å². The average molecular weight is 242 g/mol. The van der Waals surface area contributed by atoms with E-state index in [4.69, 9.17) is 5.11 Å². The summed E-state index contributed by atoms with van der Waals surface area (Å²) in [5.41, 5.74) is 0. The number of urea groups is 1. The van der Waals surface area contributed by atoms with Crippen molar-refractivity contribution in [3.63, 3.8) is 0 Å². The highest BCUT2D eigenvalue weighted by molar-refractivity contribution is 5.82. The summed E-state index contributed by atoms with van der Waals surface area (Å²) in [5.74, 6) is -0.984. The zero-order chi connectivity index (χ0) is 13.1. The number of unbranched alkanes of at least 4 members (excludes halogenated alkanes) is 1. The molecule has 0 bridgehead atoms.